The first kappa shape index (κ1) is 13.4. The maximum absolute atomic E-state index is 4.62. The predicted molar refractivity (Wildman–Crippen MR) is 82.1 cm³/mol. The Hall–Kier alpha value is -0.610. The lowest BCUT2D eigenvalue weighted by molar-refractivity contribution is 0.168. The summed E-state index contributed by atoms with van der Waals surface area (Å²) in [6.07, 6.45) is 5.47. The molecule has 3 heterocycles. The van der Waals surface area contributed by atoms with E-state index in [1.165, 1.54) is 57.0 Å². The highest BCUT2D eigenvalue weighted by Gasteiger charge is 2.29. The van der Waals surface area contributed by atoms with E-state index in [4.69, 9.17) is 0 Å². The maximum atomic E-state index is 4.62. The number of thiazole rings is 1. The summed E-state index contributed by atoms with van der Waals surface area (Å²) in [6.45, 7) is 9.56. The smallest absolute Gasteiger partial charge is 0.185 e. The van der Waals surface area contributed by atoms with E-state index in [0.29, 0.717) is 0 Å². The van der Waals surface area contributed by atoms with Gasteiger partial charge in [0.2, 0.25) is 0 Å². The zero-order valence-corrected chi connectivity index (χ0v) is 13.0. The van der Waals surface area contributed by atoms with Crippen molar-refractivity contribution >= 4 is 16.5 Å². The molecule has 0 bridgehead atoms. The molecule has 3 nitrogen and oxygen atoms in total. The third-order valence-electron chi connectivity index (χ3n) is 4.82. The molecule has 0 saturated carbocycles. The van der Waals surface area contributed by atoms with Gasteiger partial charge in [-0.15, -0.1) is 11.3 Å². The number of aromatic nitrogens is 1. The van der Waals surface area contributed by atoms with E-state index in [-0.39, 0.29) is 0 Å². The van der Waals surface area contributed by atoms with Crippen LogP contribution < -0.4 is 4.90 Å². The van der Waals surface area contributed by atoms with Gasteiger partial charge in [-0.25, -0.2) is 4.98 Å². The average Bonchev–Trinajstić information content (AvgIpc) is 3.09. The number of aryl methyl sites for hydroxylation is 1. The van der Waals surface area contributed by atoms with E-state index < -0.39 is 0 Å². The van der Waals surface area contributed by atoms with Crippen molar-refractivity contribution in [3.8, 4) is 0 Å². The van der Waals surface area contributed by atoms with Gasteiger partial charge in [0.05, 0.1) is 5.69 Å². The second kappa shape index (κ2) is 5.80. The van der Waals surface area contributed by atoms with Crippen LogP contribution in [-0.2, 0) is 0 Å². The molecule has 0 aromatic carbocycles. The van der Waals surface area contributed by atoms with Gasteiger partial charge in [-0.1, -0.05) is 0 Å². The van der Waals surface area contributed by atoms with Crippen molar-refractivity contribution < 1.29 is 0 Å². The summed E-state index contributed by atoms with van der Waals surface area (Å²) in [4.78, 5) is 9.80. The van der Waals surface area contributed by atoms with Crippen molar-refractivity contribution in [3.63, 3.8) is 0 Å². The molecule has 3 rings (SSSR count). The van der Waals surface area contributed by atoms with E-state index in [9.17, 15) is 0 Å². The number of rotatable bonds is 3. The van der Waals surface area contributed by atoms with Gasteiger partial charge in [0.25, 0.3) is 0 Å². The summed E-state index contributed by atoms with van der Waals surface area (Å²) in [5.74, 6) is 0.885. The fraction of sp³-hybridized carbons (Fsp3) is 0.800. The van der Waals surface area contributed by atoms with Crippen LogP contribution in [-0.4, -0.2) is 42.1 Å². The van der Waals surface area contributed by atoms with Crippen molar-refractivity contribution in [2.75, 3.05) is 31.1 Å². The first-order chi connectivity index (χ1) is 9.24. The second-order valence-corrected chi connectivity index (χ2v) is 6.92. The zero-order chi connectivity index (χ0) is 13.2. The number of likely N-dealkylation sites (tertiary alicyclic amines) is 1. The quantitative estimate of drug-likeness (QED) is 0.847. The van der Waals surface area contributed by atoms with Crippen molar-refractivity contribution in [2.45, 2.75) is 45.6 Å². The third-order valence-corrected chi connectivity index (χ3v) is 5.84. The minimum Gasteiger partial charge on any atom is -0.348 e. The van der Waals surface area contributed by atoms with Crippen LogP contribution in [0.3, 0.4) is 0 Å². The second-order valence-electron chi connectivity index (χ2n) is 6.08. The van der Waals surface area contributed by atoms with Crippen LogP contribution in [0.4, 0.5) is 5.13 Å². The van der Waals surface area contributed by atoms with E-state index in [2.05, 4.69) is 34.0 Å². The number of nitrogens with zero attached hydrogens (tertiary/aromatic N) is 3. The summed E-state index contributed by atoms with van der Waals surface area (Å²) < 4.78 is 0. The molecule has 4 heteroatoms. The molecule has 0 N–H and O–H groups in total. The van der Waals surface area contributed by atoms with Gasteiger partial charge in [0.15, 0.2) is 5.13 Å². The number of hydrogen-bond donors (Lipinski definition) is 0. The molecule has 1 aromatic heterocycles. The lowest BCUT2D eigenvalue weighted by atomic mass is 9.89. The number of piperidine rings is 1. The zero-order valence-electron chi connectivity index (χ0n) is 12.1. The van der Waals surface area contributed by atoms with Crippen LogP contribution in [0.15, 0.2) is 5.38 Å². The standard InChI is InChI=1S/C15H25N3S/c1-12-11-19-15(16-12)18-9-5-14(6-10-18)13(2)17-7-3-4-8-17/h11,13-14H,3-10H2,1-2H3/t13-/m1/s1. The molecule has 0 unspecified atom stereocenters. The number of anilines is 1. The predicted octanol–water partition coefficient (Wildman–Crippen LogP) is 3.15. The normalized spacial score (nSPS) is 24.0. The molecule has 106 valence electrons. The van der Waals surface area contributed by atoms with E-state index in [1.807, 2.05) is 0 Å². The Labute approximate surface area is 120 Å². The highest BCUT2D eigenvalue weighted by molar-refractivity contribution is 7.13. The maximum Gasteiger partial charge on any atom is 0.185 e. The van der Waals surface area contributed by atoms with Crippen molar-refractivity contribution in [3.05, 3.63) is 11.1 Å². The van der Waals surface area contributed by atoms with Gasteiger partial charge in [-0.05, 0) is 58.5 Å². The highest BCUT2D eigenvalue weighted by Crippen LogP contribution is 2.30. The fourth-order valence-corrected chi connectivity index (χ4v) is 4.36. The molecule has 2 saturated heterocycles. The SMILES string of the molecule is Cc1csc(N2CCC([C@@H](C)N3CCCC3)CC2)n1. The Morgan fingerprint density at radius 1 is 1.21 bits per heavy atom. The molecule has 2 aliphatic heterocycles. The van der Waals surface area contributed by atoms with Gasteiger partial charge in [0.1, 0.15) is 0 Å². The van der Waals surface area contributed by atoms with Crippen LogP contribution in [0.2, 0.25) is 0 Å². The van der Waals surface area contributed by atoms with Gasteiger partial charge in [0, 0.05) is 24.5 Å². The Morgan fingerprint density at radius 2 is 1.89 bits per heavy atom. The Balaban J connectivity index is 1.54. The highest BCUT2D eigenvalue weighted by atomic mass is 32.1. The largest absolute Gasteiger partial charge is 0.348 e. The molecule has 1 atom stereocenters. The van der Waals surface area contributed by atoms with Crippen molar-refractivity contribution in [2.24, 2.45) is 5.92 Å². The minimum atomic E-state index is 0.780. The van der Waals surface area contributed by atoms with Crippen LogP contribution in [0.1, 0.15) is 38.3 Å². The summed E-state index contributed by atoms with van der Waals surface area (Å²) in [6, 6.07) is 0.780. The van der Waals surface area contributed by atoms with Crippen LogP contribution in [0, 0.1) is 12.8 Å². The summed E-state index contributed by atoms with van der Waals surface area (Å²) in [5.41, 5.74) is 1.16. The molecule has 19 heavy (non-hydrogen) atoms. The van der Waals surface area contributed by atoms with Crippen LogP contribution >= 0.6 is 11.3 Å². The van der Waals surface area contributed by atoms with Crippen molar-refractivity contribution in [1.82, 2.24) is 9.88 Å². The molecule has 2 fully saturated rings. The molecule has 1 aromatic rings. The molecular formula is C15H25N3S. The molecule has 0 aliphatic carbocycles. The Bertz CT molecular complexity index is 403. The first-order valence-electron chi connectivity index (χ1n) is 7.65. The van der Waals surface area contributed by atoms with Crippen molar-refractivity contribution in [1.29, 1.82) is 0 Å². The lowest BCUT2D eigenvalue weighted by Crippen LogP contribution is -2.43. The van der Waals surface area contributed by atoms with Crippen LogP contribution in [0.25, 0.3) is 0 Å². The molecule has 0 radical (unpaired) electrons. The summed E-state index contributed by atoms with van der Waals surface area (Å²) in [7, 11) is 0. The molecule has 0 amide bonds. The minimum absolute atomic E-state index is 0.780. The Kier molecular flexibility index (Phi) is 4.08. The summed E-state index contributed by atoms with van der Waals surface area (Å²) >= 11 is 1.80. The van der Waals surface area contributed by atoms with Gasteiger partial charge in [-0.3, -0.25) is 0 Å². The fourth-order valence-electron chi connectivity index (χ4n) is 3.51. The third kappa shape index (κ3) is 2.95. The van der Waals surface area contributed by atoms with Gasteiger partial charge < -0.3 is 9.80 Å². The lowest BCUT2D eigenvalue weighted by Gasteiger charge is -2.38. The van der Waals surface area contributed by atoms with Gasteiger partial charge >= 0.3 is 0 Å². The average molecular weight is 279 g/mol. The molecular weight excluding hydrogens is 254 g/mol. The topological polar surface area (TPSA) is 19.4 Å². The van der Waals surface area contributed by atoms with E-state index in [0.717, 1.165) is 17.7 Å². The molecule has 2 aliphatic rings. The monoisotopic (exact) mass is 279 g/mol. The van der Waals surface area contributed by atoms with E-state index >= 15 is 0 Å². The number of hydrogen-bond acceptors (Lipinski definition) is 4. The molecule has 0 spiro atoms. The Morgan fingerprint density at radius 3 is 2.47 bits per heavy atom. The van der Waals surface area contributed by atoms with Gasteiger partial charge in [-0.2, -0.15) is 0 Å². The van der Waals surface area contributed by atoms with Crippen LogP contribution in [0.5, 0.6) is 0 Å². The first-order valence-corrected chi connectivity index (χ1v) is 8.53. The summed E-state index contributed by atoms with van der Waals surface area (Å²) in [5, 5.41) is 3.39. The van der Waals surface area contributed by atoms with E-state index in [1.54, 1.807) is 11.3 Å².